The third-order valence-corrected chi connectivity index (χ3v) is 5.48. The molecule has 0 aliphatic carbocycles. The Balaban J connectivity index is 1.83. The number of hydrogen-bond acceptors (Lipinski definition) is 2. The van der Waals surface area contributed by atoms with Gasteiger partial charge in [0.25, 0.3) is 5.91 Å². The molecule has 1 saturated heterocycles. The molecule has 128 valence electrons. The second-order valence-corrected chi connectivity index (χ2v) is 7.31. The number of amides is 1. The smallest absolute Gasteiger partial charge is 0.270 e. The summed E-state index contributed by atoms with van der Waals surface area (Å²) in [6.45, 7) is 2.67. The number of halogens is 1. The average Bonchev–Trinajstić information content (AvgIpc) is 2.97. The Morgan fingerprint density at radius 2 is 2.08 bits per heavy atom. The molecular formula is C19H24BrN3O. The van der Waals surface area contributed by atoms with Crippen molar-refractivity contribution in [1.29, 1.82) is 0 Å². The summed E-state index contributed by atoms with van der Waals surface area (Å²) in [6.07, 6.45) is 2.28. The van der Waals surface area contributed by atoms with E-state index in [1.165, 1.54) is 6.42 Å². The maximum absolute atomic E-state index is 13.0. The van der Waals surface area contributed by atoms with E-state index in [9.17, 15) is 4.79 Å². The van der Waals surface area contributed by atoms with Gasteiger partial charge in [0.15, 0.2) is 0 Å². The molecule has 0 spiro atoms. The Hall–Kier alpha value is -1.59. The van der Waals surface area contributed by atoms with Crippen molar-refractivity contribution in [3.8, 4) is 11.3 Å². The first-order valence-corrected chi connectivity index (χ1v) is 9.25. The third-order valence-electron chi connectivity index (χ3n) is 4.79. The lowest BCUT2D eigenvalue weighted by Crippen LogP contribution is -2.43. The number of rotatable bonds is 4. The molecule has 4 nitrogen and oxygen atoms in total. The monoisotopic (exact) mass is 389 g/mol. The van der Waals surface area contributed by atoms with Gasteiger partial charge in [-0.25, -0.2) is 0 Å². The summed E-state index contributed by atoms with van der Waals surface area (Å²) in [4.78, 5) is 15.0. The molecule has 1 aromatic heterocycles. The number of aromatic nitrogens is 1. The fourth-order valence-electron chi connectivity index (χ4n) is 3.53. The number of likely N-dealkylation sites (tertiary alicyclic amines) is 1. The highest BCUT2D eigenvalue weighted by Gasteiger charge is 2.26. The van der Waals surface area contributed by atoms with E-state index in [4.69, 9.17) is 0 Å². The molecule has 1 fully saturated rings. The van der Waals surface area contributed by atoms with Crippen LogP contribution < -0.4 is 5.32 Å². The molecule has 5 heteroatoms. The zero-order valence-electron chi connectivity index (χ0n) is 14.3. The predicted molar refractivity (Wildman–Crippen MR) is 101 cm³/mol. The van der Waals surface area contributed by atoms with Crippen LogP contribution in [-0.4, -0.2) is 42.1 Å². The molecule has 3 rings (SSSR count). The van der Waals surface area contributed by atoms with Gasteiger partial charge in [0.05, 0.1) is 0 Å². The van der Waals surface area contributed by atoms with Crippen molar-refractivity contribution in [3.63, 3.8) is 0 Å². The first-order chi connectivity index (χ1) is 11.6. The van der Waals surface area contributed by atoms with Crippen LogP contribution in [0.3, 0.4) is 0 Å². The predicted octanol–water partition coefficient (Wildman–Crippen LogP) is 3.53. The van der Waals surface area contributed by atoms with Gasteiger partial charge in [-0.05, 0) is 50.6 Å². The zero-order chi connectivity index (χ0) is 17.1. The normalized spacial score (nSPS) is 18.0. The first-order valence-electron chi connectivity index (χ1n) is 8.46. The molecule has 1 N–H and O–H groups in total. The van der Waals surface area contributed by atoms with Gasteiger partial charge in [0.1, 0.15) is 5.69 Å². The van der Waals surface area contributed by atoms with Crippen molar-refractivity contribution >= 4 is 21.8 Å². The van der Waals surface area contributed by atoms with E-state index in [2.05, 4.69) is 27.3 Å². The van der Waals surface area contributed by atoms with E-state index in [0.717, 1.165) is 47.5 Å². The number of carbonyl (C=O) groups excluding carboxylic acids is 1. The Labute approximate surface area is 152 Å². The van der Waals surface area contributed by atoms with Gasteiger partial charge in [0.2, 0.25) is 0 Å². The van der Waals surface area contributed by atoms with Crippen molar-refractivity contribution < 1.29 is 4.79 Å². The number of nitrogens with one attached hydrogen (secondary N) is 1. The molecular weight excluding hydrogens is 366 g/mol. The molecule has 1 atom stereocenters. The van der Waals surface area contributed by atoms with Gasteiger partial charge < -0.3 is 14.8 Å². The highest BCUT2D eigenvalue weighted by atomic mass is 79.9. The molecule has 0 saturated carbocycles. The van der Waals surface area contributed by atoms with Crippen LogP contribution in [0.4, 0.5) is 0 Å². The van der Waals surface area contributed by atoms with Gasteiger partial charge in [-0.15, -0.1) is 0 Å². The number of piperidine rings is 1. The summed E-state index contributed by atoms with van der Waals surface area (Å²) in [5.74, 6) is 0.687. The van der Waals surface area contributed by atoms with Crippen LogP contribution >= 0.6 is 15.9 Å². The highest BCUT2D eigenvalue weighted by Crippen LogP contribution is 2.29. The minimum atomic E-state index is 0.136. The van der Waals surface area contributed by atoms with Crippen LogP contribution in [0.5, 0.6) is 0 Å². The lowest BCUT2D eigenvalue weighted by Gasteiger charge is -2.32. The summed E-state index contributed by atoms with van der Waals surface area (Å²) in [5, 5.41) is 3.23. The minimum Gasteiger partial charge on any atom is -0.340 e. The van der Waals surface area contributed by atoms with Gasteiger partial charge >= 0.3 is 0 Å². The maximum Gasteiger partial charge on any atom is 0.270 e. The summed E-state index contributed by atoms with van der Waals surface area (Å²) in [5.41, 5.74) is 2.91. The average molecular weight is 390 g/mol. The fraction of sp³-hybridized carbons (Fsp3) is 0.421. The number of carbonyl (C=O) groups is 1. The number of hydrogen-bond donors (Lipinski definition) is 1. The lowest BCUT2D eigenvalue weighted by atomic mass is 9.98. The van der Waals surface area contributed by atoms with E-state index in [0.29, 0.717) is 5.92 Å². The lowest BCUT2D eigenvalue weighted by molar-refractivity contribution is 0.0665. The molecule has 0 radical (unpaired) electrons. The molecule has 1 aliphatic rings. The van der Waals surface area contributed by atoms with Crippen molar-refractivity contribution in [1.82, 2.24) is 14.8 Å². The first kappa shape index (κ1) is 17.2. The van der Waals surface area contributed by atoms with Crippen molar-refractivity contribution in [3.05, 3.63) is 46.6 Å². The van der Waals surface area contributed by atoms with Crippen LogP contribution in [0.25, 0.3) is 11.3 Å². The quantitative estimate of drug-likeness (QED) is 0.868. The SMILES string of the molecule is CNCC1CCCN(C(=O)c2ccc(-c3ccccc3Br)n2C)C1. The molecule has 2 aromatic rings. The van der Waals surface area contributed by atoms with Crippen molar-refractivity contribution in [2.45, 2.75) is 12.8 Å². The maximum atomic E-state index is 13.0. The zero-order valence-corrected chi connectivity index (χ0v) is 15.8. The molecule has 1 aromatic carbocycles. The van der Waals surface area contributed by atoms with Gasteiger partial charge in [-0.1, -0.05) is 34.1 Å². The fourth-order valence-corrected chi connectivity index (χ4v) is 4.02. The van der Waals surface area contributed by atoms with Crippen LogP contribution in [-0.2, 0) is 7.05 Å². The van der Waals surface area contributed by atoms with E-state index in [1.807, 2.05) is 53.9 Å². The Bertz CT molecular complexity index is 723. The largest absolute Gasteiger partial charge is 0.340 e. The summed E-state index contributed by atoms with van der Waals surface area (Å²) >= 11 is 3.60. The molecule has 1 unspecified atom stereocenters. The number of nitrogens with zero attached hydrogens (tertiary/aromatic N) is 2. The standard InChI is InChI=1S/C19H24BrN3O/c1-21-12-14-6-5-11-23(13-14)19(24)18-10-9-17(22(18)2)15-7-3-4-8-16(15)20/h3-4,7-10,14,21H,5-6,11-13H2,1-2H3. The van der Waals surface area contributed by atoms with E-state index >= 15 is 0 Å². The highest BCUT2D eigenvalue weighted by molar-refractivity contribution is 9.10. The topological polar surface area (TPSA) is 37.3 Å². The van der Waals surface area contributed by atoms with Crippen molar-refractivity contribution in [2.75, 3.05) is 26.7 Å². The Kier molecular flexibility index (Phi) is 5.41. The van der Waals surface area contributed by atoms with E-state index < -0.39 is 0 Å². The summed E-state index contributed by atoms with van der Waals surface area (Å²) < 4.78 is 3.04. The minimum absolute atomic E-state index is 0.136. The molecule has 1 amide bonds. The molecule has 1 aliphatic heterocycles. The van der Waals surface area contributed by atoms with Crippen molar-refractivity contribution in [2.24, 2.45) is 13.0 Å². The number of benzene rings is 1. The summed E-state index contributed by atoms with van der Waals surface area (Å²) in [7, 11) is 3.94. The van der Waals surface area contributed by atoms with Crippen LogP contribution in [0.2, 0.25) is 0 Å². The van der Waals surface area contributed by atoms with Gasteiger partial charge in [0, 0.05) is 35.9 Å². The molecule has 24 heavy (non-hydrogen) atoms. The van der Waals surface area contributed by atoms with Gasteiger partial charge in [-0.2, -0.15) is 0 Å². The Morgan fingerprint density at radius 3 is 2.83 bits per heavy atom. The molecule has 2 heterocycles. The second-order valence-electron chi connectivity index (χ2n) is 6.46. The van der Waals surface area contributed by atoms with E-state index in [1.54, 1.807) is 0 Å². The van der Waals surface area contributed by atoms with Crippen LogP contribution in [0.1, 0.15) is 23.3 Å². The second kappa shape index (κ2) is 7.53. The summed E-state index contributed by atoms with van der Waals surface area (Å²) in [6, 6.07) is 12.1. The Morgan fingerprint density at radius 1 is 1.29 bits per heavy atom. The van der Waals surface area contributed by atoms with Crippen LogP contribution in [0.15, 0.2) is 40.9 Å². The van der Waals surface area contributed by atoms with Crippen LogP contribution in [0, 0.1) is 5.92 Å². The molecule has 0 bridgehead atoms. The van der Waals surface area contributed by atoms with E-state index in [-0.39, 0.29) is 5.91 Å². The third kappa shape index (κ3) is 3.42. The van der Waals surface area contributed by atoms with Gasteiger partial charge in [-0.3, -0.25) is 4.79 Å².